The largest absolute Gasteiger partial charge is 0.382 e. The first-order valence-corrected chi connectivity index (χ1v) is 5.17. The SMILES string of the molecule is CNC(=O)c1nnn(Cc2ccccc2)c1N. The van der Waals surface area contributed by atoms with E-state index in [2.05, 4.69) is 15.6 Å². The van der Waals surface area contributed by atoms with Crippen LogP contribution in [-0.2, 0) is 6.54 Å². The molecule has 0 saturated heterocycles. The van der Waals surface area contributed by atoms with Crippen LogP contribution in [0.4, 0.5) is 5.82 Å². The number of nitrogens with zero attached hydrogens (tertiary/aromatic N) is 3. The van der Waals surface area contributed by atoms with Gasteiger partial charge in [0.1, 0.15) is 0 Å². The zero-order chi connectivity index (χ0) is 12.3. The lowest BCUT2D eigenvalue weighted by Crippen LogP contribution is -2.20. The molecule has 2 aromatic rings. The number of aromatic nitrogens is 3. The van der Waals surface area contributed by atoms with Crippen molar-refractivity contribution in [3.63, 3.8) is 0 Å². The lowest BCUT2D eigenvalue weighted by Gasteiger charge is -2.03. The van der Waals surface area contributed by atoms with Gasteiger partial charge in [-0.05, 0) is 5.56 Å². The van der Waals surface area contributed by atoms with E-state index < -0.39 is 0 Å². The Hall–Kier alpha value is -2.37. The summed E-state index contributed by atoms with van der Waals surface area (Å²) in [5, 5.41) is 10.1. The number of nitrogens with two attached hydrogens (primary N) is 1. The Morgan fingerprint density at radius 3 is 2.76 bits per heavy atom. The fourth-order valence-electron chi connectivity index (χ4n) is 1.47. The second-order valence-corrected chi connectivity index (χ2v) is 3.55. The van der Waals surface area contributed by atoms with Crippen molar-refractivity contribution < 1.29 is 4.79 Å². The van der Waals surface area contributed by atoms with Gasteiger partial charge >= 0.3 is 0 Å². The predicted octanol–water partition coefficient (Wildman–Crippen LogP) is 0.268. The second kappa shape index (κ2) is 4.65. The molecule has 1 heterocycles. The van der Waals surface area contributed by atoms with Crippen molar-refractivity contribution in [3.8, 4) is 0 Å². The van der Waals surface area contributed by atoms with Gasteiger partial charge in [0.25, 0.3) is 5.91 Å². The fraction of sp³-hybridized carbons (Fsp3) is 0.182. The molecule has 0 aliphatic heterocycles. The molecular weight excluding hydrogens is 218 g/mol. The smallest absolute Gasteiger partial charge is 0.275 e. The molecule has 88 valence electrons. The highest BCUT2D eigenvalue weighted by atomic mass is 16.1. The van der Waals surface area contributed by atoms with Gasteiger partial charge < -0.3 is 11.1 Å². The summed E-state index contributed by atoms with van der Waals surface area (Å²) in [6.45, 7) is 0.497. The lowest BCUT2D eigenvalue weighted by molar-refractivity contribution is 0.0959. The molecule has 0 spiro atoms. The van der Waals surface area contributed by atoms with Crippen LogP contribution in [0.3, 0.4) is 0 Å². The third-order valence-corrected chi connectivity index (χ3v) is 2.39. The highest BCUT2D eigenvalue weighted by molar-refractivity contribution is 5.96. The zero-order valence-corrected chi connectivity index (χ0v) is 9.42. The Bertz CT molecular complexity index is 520. The Morgan fingerprint density at radius 1 is 1.41 bits per heavy atom. The quantitative estimate of drug-likeness (QED) is 0.793. The van der Waals surface area contributed by atoms with Gasteiger partial charge in [0.05, 0.1) is 6.54 Å². The van der Waals surface area contributed by atoms with Crippen LogP contribution in [0.25, 0.3) is 0 Å². The zero-order valence-electron chi connectivity index (χ0n) is 9.42. The molecule has 17 heavy (non-hydrogen) atoms. The average molecular weight is 231 g/mol. The molecule has 6 nitrogen and oxygen atoms in total. The molecular formula is C11H13N5O. The van der Waals surface area contributed by atoms with E-state index in [0.717, 1.165) is 5.56 Å². The minimum absolute atomic E-state index is 0.156. The van der Waals surface area contributed by atoms with Gasteiger partial charge in [-0.2, -0.15) is 0 Å². The van der Waals surface area contributed by atoms with Gasteiger partial charge in [-0.25, -0.2) is 4.68 Å². The maximum atomic E-state index is 11.4. The number of carbonyl (C=O) groups is 1. The number of nitrogens with one attached hydrogen (secondary N) is 1. The normalized spacial score (nSPS) is 10.2. The topological polar surface area (TPSA) is 85.8 Å². The summed E-state index contributed by atoms with van der Waals surface area (Å²) in [6.07, 6.45) is 0. The highest BCUT2D eigenvalue weighted by Gasteiger charge is 2.15. The van der Waals surface area contributed by atoms with Gasteiger partial charge in [-0.1, -0.05) is 35.5 Å². The van der Waals surface area contributed by atoms with Crippen LogP contribution in [-0.4, -0.2) is 27.9 Å². The molecule has 0 fully saturated rings. The molecule has 1 aromatic carbocycles. The first-order chi connectivity index (χ1) is 8.22. The van der Waals surface area contributed by atoms with Crippen molar-refractivity contribution in [1.82, 2.24) is 20.3 Å². The van der Waals surface area contributed by atoms with Crippen LogP contribution < -0.4 is 11.1 Å². The van der Waals surface area contributed by atoms with E-state index in [1.165, 1.54) is 11.7 Å². The number of benzene rings is 1. The Balaban J connectivity index is 2.24. The van der Waals surface area contributed by atoms with Gasteiger partial charge in [-0.15, -0.1) is 5.10 Å². The summed E-state index contributed by atoms with van der Waals surface area (Å²) >= 11 is 0. The van der Waals surface area contributed by atoms with Crippen LogP contribution >= 0.6 is 0 Å². The summed E-state index contributed by atoms with van der Waals surface area (Å²) in [4.78, 5) is 11.4. The van der Waals surface area contributed by atoms with Crippen molar-refractivity contribution in [2.75, 3.05) is 12.8 Å². The molecule has 0 saturated carbocycles. The molecule has 1 aromatic heterocycles. The maximum Gasteiger partial charge on any atom is 0.275 e. The van der Waals surface area contributed by atoms with E-state index in [1.54, 1.807) is 0 Å². The van der Waals surface area contributed by atoms with Gasteiger partial charge in [0, 0.05) is 7.05 Å². The fourth-order valence-corrected chi connectivity index (χ4v) is 1.47. The van der Waals surface area contributed by atoms with Crippen molar-refractivity contribution in [1.29, 1.82) is 0 Å². The monoisotopic (exact) mass is 231 g/mol. The molecule has 2 rings (SSSR count). The minimum atomic E-state index is -0.332. The number of nitrogen functional groups attached to an aromatic ring is 1. The van der Waals surface area contributed by atoms with E-state index in [1.807, 2.05) is 30.3 Å². The average Bonchev–Trinajstić information content (AvgIpc) is 2.72. The van der Waals surface area contributed by atoms with E-state index in [9.17, 15) is 4.79 Å². The molecule has 1 amide bonds. The van der Waals surface area contributed by atoms with Crippen molar-refractivity contribution in [2.45, 2.75) is 6.54 Å². The number of hydrogen-bond acceptors (Lipinski definition) is 4. The van der Waals surface area contributed by atoms with Gasteiger partial charge in [-0.3, -0.25) is 4.79 Å². The first kappa shape index (κ1) is 11.1. The van der Waals surface area contributed by atoms with Crippen molar-refractivity contribution in [3.05, 3.63) is 41.6 Å². The van der Waals surface area contributed by atoms with Crippen molar-refractivity contribution in [2.24, 2.45) is 0 Å². The number of carbonyl (C=O) groups excluding carboxylic acids is 1. The van der Waals surface area contributed by atoms with E-state index in [-0.39, 0.29) is 17.4 Å². The van der Waals surface area contributed by atoms with Crippen molar-refractivity contribution >= 4 is 11.7 Å². The number of hydrogen-bond donors (Lipinski definition) is 2. The summed E-state index contributed by atoms with van der Waals surface area (Å²) in [5.74, 6) is -0.0602. The third kappa shape index (κ3) is 2.25. The molecule has 0 bridgehead atoms. The van der Waals surface area contributed by atoms with Crippen LogP contribution in [0.1, 0.15) is 16.1 Å². The summed E-state index contributed by atoms with van der Waals surface area (Å²) in [7, 11) is 1.53. The van der Waals surface area contributed by atoms with E-state index in [4.69, 9.17) is 5.73 Å². The first-order valence-electron chi connectivity index (χ1n) is 5.17. The molecule has 0 radical (unpaired) electrons. The Labute approximate surface area is 98.4 Å². The molecule has 0 atom stereocenters. The molecule has 3 N–H and O–H groups in total. The third-order valence-electron chi connectivity index (χ3n) is 2.39. The lowest BCUT2D eigenvalue weighted by atomic mass is 10.2. The summed E-state index contributed by atoms with van der Waals surface area (Å²) in [6, 6.07) is 9.72. The van der Waals surface area contributed by atoms with Crippen LogP contribution in [0.5, 0.6) is 0 Å². The highest BCUT2D eigenvalue weighted by Crippen LogP contribution is 2.10. The summed E-state index contributed by atoms with van der Waals surface area (Å²) < 4.78 is 1.50. The molecule has 0 aliphatic carbocycles. The maximum absolute atomic E-state index is 11.4. The molecule has 6 heteroatoms. The van der Waals surface area contributed by atoms with Gasteiger partial charge in [0.15, 0.2) is 11.5 Å². The summed E-state index contributed by atoms with van der Waals surface area (Å²) in [5.41, 5.74) is 7.01. The number of rotatable bonds is 3. The van der Waals surface area contributed by atoms with E-state index in [0.29, 0.717) is 6.54 Å². The van der Waals surface area contributed by atoms with Gasteiger partial charge in [0.2, 0.25) is 0 Å². The molecule has 0 unspecified atom stereocenters. The van der Waals surface area contributed by atoms with Crippen LogP contribution in [0.15, 0.2) is 30.3 Å². The Morgan fingerprint density at radius 2 is 2.12 bits per heavy atom. The van der Waals surface area contributed by atoms with Crippen LogP contribution in [0, 0.1) is 0 Å². The van der Waals surface area contributed by atoms with E-state index >= 15 is 0 Å². The number of amides is 1. The second-order valence-electron chi connectivity index (χ2n) is 3.55. The Kier molecular flexibility index (Phi) is 3.04. The predicted molar refractivity (Wildman–Crippen MR) is 63.4 cm³/mol. The number of anilines is 1. The minimum Gasteiger partial charge on any atom is -0.382 e. The van der Waals surface area contributed by atoms with Crippen LogP contribution in [0.2, 0.25) is 0 Å². The molecule has 0 aliphatic rings. The standard InChI is InChI=1S/C11H13N5O/c1-13-11(17)9-10(12)16(15-14-9)7-8-5-3-2-4-6-8/h2-6H,7,12H2,1H3,(H,13,17).